The van der Waals surface area contributed by atoms with Gasteiger partial charge in [-0.25, -0.2) is 0 Å². The molecule has 0 fully saturated rings. The zero-order valence-corrected chi connectivity index (χ0v) is 10.7. The second-order valence-electron chi connectivity index (χ2n) is 2.90. The highest BCUT2D eigenvalue weighted by Crippen LogP contribution is 2.35. The first-order valence-corrected chi connectivity index (χ1v) is 6.27. The lowest BCUT2D eigenvalue weighted by molar-refractivity contribution is 0.341. The van der Waals surface area contributed by atoms with Crippen LogP contribution in [0.3, 0.4) is 0 Å². The fraction of sp³-hybridized carbons (Fsp3) is 0.200. The van der Waals surface area contributed by atoms with Crippen LogP contribution in [0.5, 0.6) is 5.75 Å². The van der Waals surface area contributed by atoms with E-state index >= 15 is 0 Å². The molecule has 0 spiro atoms. The van der Waals surface area contributed by atoms with E-state index in [0.29, 0.717) is 6.61 Å². The predicted octanol–water partition coefficient (Wildman–Crippen LogP) is 3.49. The number of anilines is 1. The van der Waals surface area contributed by atoms with Crippen molar-refractivity contribution >= 4 is 49.7 Å². The van der Waals surface area contributed by atoms with Gasteiger partial charge in [-0.2, -0.15) is 0 Å². The fourth-order valence-corrected chi connectivity index (χ4v) is 3.43. The summed E-state index contributed by atoms with van der Waals surface area (Å²) < 4.78 is 7.83. The molecule has 0 bridgehead atoms. The number of nitrogen functional groups attached to an aromatic ring is 1. The largest absolute Gasteiger partial charge is 0.494 e. The first kappa shape index (κ1) is 10.0. The van der Waals surface area contributed by atoms with Crippen LogP contribution in [0, 0.1) is 3.57 Å². The molecule has 0 unspecified atom stereocenters. The van der Waals surface area contributed by atoms with Crippen molar-refractivity contribution in [3.8, 4) is 5.75 Å². The molecular weight excluding hydrogens is 309 g/mol. The van der Waals surface area contributed by atoms with E-state index in [0.717, 1.165) is 16.8 Å². The Morgan fingerprint density at radius 3 is 3.00 bits per heavy atom. The molecule has 0 aliphatic carbocycles. The molecule has 2 nitrogen and oxygen atoms in total. The maximum absolute atomic E-state index is 5.95. The van der Waals surface area contributed by atoms with E-state index in [9.17, 15) is 0 Å². The van der Waals surface area contributed by atoms with Gasteiger partial charge in [0.2, 0.25) is 0 Å². The highest BCUT2D eigenvalue weighted by molar-refractivity contribution is 14.1. The molecule has 74 valence electrons. The van der Waals surface area contributed by atoms with Crippen LogP contribution in [0.1, 0.15) is 6.92 Å². The minimum Gasteiger partial charge on any atom is -0.494 e. The van der Waals surface area contributed by atoms with Gasteiger partial charge in [0.25, 0.3) is 0 Å². The first-order chi connectivity index (χ1) is 6.72. The summed E-state index contributed by atoms with van der Waals surface area (Å²) in [5.41, 5.74) is 6.76. The lowest BCUT2D eigenvalue weighted by Gasteiger charge is -2.05. The highest BCUT2D eigenvalue weighted by Gasteiger charge is 2.07. The number of rotatable bonds is 2. The van der Waals surface area contributed by atoms with Crippen molar-refractivity contribution in [2.24, 2.45) is 0 Å². The molecule has 0 amide bonds. The van der Waals surface area contributed by atoms with Gasteiger partial charge in [-0.15, -0.1) is 11.3 Å². The maximum Gasteiger partial charge on any atom is 0.122 e. The molecule has 1 aromatic heterocycles. The molecule has 1 aromatic carbocycles. The van der Waals surface area contributed by atoms with Crippen molar-refractivity contribution in [1.29, 1.82) is 0 Å². The zero-order valence-electron chi connectivity index (χ0n) is 7.71. The Morgan fingerprint density at radius 2 is 2.29 bits per heavy atom. The van der Waals surface area contributed by atoms with Crippen LogP contribution in [-0.2, 0) is 0 Å². The summed E-state index contributed by atoms with van der Waals surface area (Å²) in [4.78, 5) is 0. The third-order valence-corrected chi connectivity index (χ3v) is 4.15. The lowest BCUT2D eigenvalue weighted by Crippen LogP contribution is -1.93. The number of hydrogen-bond donors (Lipinski definition) is 1. The molecule has 0 aliphatic heterocycles. The number of benzene rings is 1. The fourth-order valence-electron chi connectivity index (χ4n) is 1.38. The molecule has 2 N–H and O–H groups in total. The maximum atomic E-state index is 5.95. The van der Waals surface area contributed by atoms with Gasteiger partial charge >= 0.3 is 0 Å². The molecule has 0 saturated carbocycles. The molecule has 14 heavy (non-hydrogen) atoms. The van der Waals surface area contributed by atoms with Gasteiger partial charge in [-0.05, 0) is 35.6 Å². The first-order valence-electron chi connectivity index (χ1n) is 4.31. The summed E-state index contributed by atoms with van der Waals surface area (Å²) in [6, 6.07) is 3.93. The molecule has 0 atom stereocenters. The third-order valence-electron chi connectivity index (χ3n) is 1.95. The van der Waals surface area contributed by atoms with E-state index in [1.165, 1.54) is 8.27 Å². The van der Waals surface area contributed by atoms with E-state index in [2.05, 4.69) is 28.0 Å². The van der Waals surface area contributed by atoms with E-state index in [1.807, 2.05) is 19.1 Å². The summed E-state index contributed by atoms with van der Waals surface area (Å²) in [6.07, 6.45) is 0. The summed E-state index contributed by atoms with van der Waals surface area (Å²) in [5.74, 6) is 0.857. The van der Waals surface area contributed by atoms with Crippen molar-refractivity contribution in [2.75, 3.05) is 12.3 Å². The van der Waals surface area contributed by atoms with Crippen molar-refractivity contribution < 1.29 is 4.74 Å². The third kappa shape index (κ3) is 1.68. The second-order valence-corrected chi connectivity index (χ2v) is 4.98. The summed E-state index contributed by atoms with van der Waals surface area (Å²) in [7, 11) is 0. The Balaban J connectivity index is 2.62. The Labute approximate surface area is 100 Å². The van der Waals surface area contributed by atoms with Crippen LogP contribution < -0.4 is 10.5 Å². The lowest BCUT2D eigenvalue weighted by atomic mass is 10.2. The topological polar surface area (TPSA) is 35.2 Å². The summed E-state index contributed by atoms with van der Waals surface area (Å²) >= 11 is 4.00. The predicted molar refractivity (Wildman–Crippen MR) is 70.1 cm³/mol. The number of nitrogens with two attached hydrogens (primary N) is 1. The van der Waals surface area contributed by atoms with Gasteiger partial charge in [-0.3, -0.25) is 0 Å². The van der Waals surface area contributed by atoms with Crippen LogP contribution in [0.15, 0.2) is 17.5 Å². The number of fused-ring (bicyclic) bond motifs is 1. The molecule has 0 saturated heterocycles. The zero-order chi connectivity index (χ0) is 10.1. The molecule has 0 aliphatic rings. The quantitative estimate of drug-likeness (QED) is 0.679. The number of ether oxygens (including phenoxy) is 1. The minimum absolute atomic E-state index is 0.674. The molecule has 0 radical (unpaired) electrons. The van der Waals surface area contributed by atoms with Crippen LogP contribution in [-0.4, -0.2) is 6.61 Å². The van der Waals surface area contributed by atoms with Gasteiger partial charge < -0.3 is 10.5 Å². The average molecular weight is 319 g/mol. The average Bonchev–Trinajstić information content (AvgIpc) is 2.48. The van der Waals surface area contributed by atoms with Gasteiger partial charge in [0.1, 0.15) is 5.75 Å². The minimum atomic E-state index is 0.674. The van der Waals surface area contributed by atoms with Crippen molar-refractivity contribution in [3.05, 3.63) is 21.1 Å². The van der Waals surface area contributed by atoms with Crippen LogP contribution in [0.2, 0.25) is 0 Å². The number of hydrogen-bond acceptors (Lipinski definition) is 3. The Morgan fingerprint density at radius 1 is 1.50 bits per heavy atom. The highest BCUT2D eigenvalue weighted by atomic mass is 127. The van der Waals surface area contributed by atoms with Gasteiger partial charge in [-0.1, -0.05) is 0 Å². The van der Waals surface area contributed by atoms with E-state index in [1.54, 1.807) is 11.3 Å². The molecule has 2 aromatic rings. The van der Waals surface area contributed by atoms with Crippen LogP contribution in [0.4, 0.5) is 5.69 Å². The van der Waals surface area contributed by atoms with E-state index < -0.39 is 0 Å². The molecule has 1 heterocycles. The SMILES string of the molecule is CCOc1cc(N)c2c(I)csc2c1. The molecule has 4 heteroatoms. The van der Waals surface area contributed by atoms with Crippen molar-refractivity contribution in [1.82, 2.24) is 0 Å². The standard InChI is InChI=1S/C10H10INOS/c1-2-13-6-3-8(12)10-7(11)5-14-9(10)4-6/h3-5H,2,12H2,1H3. The van der Waals surface area contributed by atoms with Crippen LogP contribution in [0.25, 0.3) is 10.1 Å². The summed E-state index contributed by atoms with van der Waals surface area (Å²) in [6.45, 7) is 2.64. The van der Waals surface area contributed by atoms with Gasteiger partial charge in [0, 0.05) is 30.8 Å². The summed E-state index contributed by atoms with van der Waals surface area (Å²) in [5, 5.41) is 3.26. The van der Waals surface area contributed by atoms with E-state index in [4.69, 9.17) is 10.5 Å². The van der Waals surface area contributed by atoms with Gasteiger partial charge in [0.05, 0.1) is 6.61 Å². The van der Waals surface area contributed by atoms with E-state index in [-0.39, 0.29) is 0 Å². The Kier molecular flexibility index (Phi) is 2.83. The molecular formula is C10H10INOS. The monoisotopic (exact) mass is 319 g/mol. The molecule has 2 rings (SSSR count). The Bertz CT molecular complexity index is 466. The smallest absolute Gasteiger partial charge is 0.122 e. The van der Waals surface area contributed by atoms with Crippen LogP contribution >= 0.6 is 33.9 Å². The van der Waals surface area contributed by atoms with Crippen molar-refractivity contribution in [2.45, 2.75) is 6.92 Å². The number of halogens is 1. The van der Waals surface area contributed by atoms with Crippen molar-refractivity contribution in [3.63, 3.8) is 0 Å². The van der Waals surface area contributed by atoms with Gasteiger partial charge in [0.15, 0.2) is 0 Å². The number of thiophene rings is 1. The normalized spacial score (nSPS) is 10.7. The Hall–Kier alpha value is -0.490. The second kappa shape index (κ2) is 3.94.